The summed E-state index contributed by atoms with van der Waals surface area (Å²) in [4.78, 5) is 11.1. The van der Waals surface area contributed by atoms with Gasteiger partial charge in [-0.3, -0.25) is 0 Å². The number of carbonyl (C=O) groups excluding carboxylic acids is 1. The monoisotopic (exact) mass is 212 g/mol. The number of anilines is 1. The van der Waals surface area contributed by atoms with Gasteiger partial charge in [0.1, 0.15) is 4.90 Å². The van der Waals surface area contributed by atoms with Crippen LogP contribution < -0.4 is 10.0 Å². The predicted molar refractivity (Wildman–Crippen MR) is 50.5 cm³/mol. The van der Waals surface area contributed by atoms with Gasteiger partial charge >= 0.3 is 6.03 Å². The second kappa shape index (κ2) is 2.71. The second-order valence-electron chi connectivity index (χ2n) is 3.06. The van der Waals surface area contributed by atoms with Crippen LogP contribution in [0.1, 0.15) is 5.56 Å². The highest BCUT2D eigenvalue weighted by Gasteiger charge is 2.26. The van der Waals surface area contributed by atoms with Crippen LogP contribution in [0.15, 0.2) is 23.1 Å². The molecule has 1 aromatic carbocycles. The van der Waals surface area contributed by atoms with Gasteiger partial charge in [0.05, 0.1) is 5.69 Å². The van der Waals surface area contributed by atoms with Crippen molar-refractivity contribution < 1.29 is 13.2 Å². The van der Waals surface area contributed by atoms with Gasteiger partial charge in [0.2, 0.25) is 0 Å². The summed E-state index contributed by atoms with van der Waals surface area (Å²) in [5.41, 5.74) is 1.22. The van der Waals surface area contributed by atoms with Gasteiger partial charge in [0.15, 0.2) is 0 Å². The minimum atomic E-state index is -3.67. The summed E-state index contributed by atoms with van der Waals surface area (Å²) < 4.78 is 24.7. The normalized spacial score (nSPS) is 17.9. The summed E-state index contributed by atoms with van der Waals surface area (Å²) in [6.07, 6.45) is 0. The first-order valence-corrected chi connectivity index (χ1v) is 5.42. The third-order valence-corrected chi connectivity index (χ3v) is 3.29. The molecule has 0 aliphatic carbocycles. The zero-order valence-corrected chi connectivity index (χ0v) is 8.18. The summed E-state index contributed by atoms with van der Waals surface area (Å²) >= 11 is 0. The first-order chi connectivity index (χ1) is 6.49. The fraction of sp³-hybridized carbons (Fsp3) is 0.125. The van der Waals surface area contributed by atoms with E-state index in [1.165, 1.54) is 6.07 Å². The third-order valence-electron chi connectivity index (χ3n) is 1.90. The first kappa shape index (κ1) is 9.01. The van der Waals surface area contributed by atoms with Crippen molar-refractivity contribution in [1.29, 1.82) is 0 Å². The van der Waals surface area contributed by atoms with Crippen molar-refractivity contribution in [3.8, 4) is 0 Å². The van der Waals surface area contributed by atoms with Gasteiger partial charge in [0, 0.05) is 0 Å². The number of hydrogen-bond acceptors (Lipinski definition) is 3. The number of nitrogens with one attached hydrogen (secondary N) is 2. The van der Waals surface area contributed by atoms with Gasteiger partial charge in [-0.2, -0.15) is 0 Å². The van der Waals surface area contributed by atoms with E-state index in [9.17, 15) is 13.2 Å². The molecule has 6 heteroatoms. The lowest BCUT2D eigenvalue weighted by molar-refractivity contribution is 0.256. The molecule has 0 atom stereocenters. The van der Waals surface area contributed by atoms with E-state index >= 15 is 0 Å². The molecule has 0 unspecified atom stereocenters. The zero-order chi connectivity index (χ0) is 10.3. The molecule has 0 spiro atoms. The molecule has 0 radical (unpaired) electrons. The SMILES string of the molecule is Cc1ccc2c(c1)NC(=O)NS2(=O)=O. The number of rotatable bonds is 0. The molecule has 0 saturated heterocycles. The lowest BCUT2D eigenvalue weighted by Crippen LogP contribution is -2.39. The molecular weight excluding hydrogens is 204 g/mol. The fourth-order valence-corrected chi connectivity index (χ4v) is 2.35. The van der Waals surface area contributed by atoms with Gasteiger partial charge < -0.3 is 5.32 Å². The van der Waals surface area contributed by atoms with Crippen LogP contribution in [-0.4, -0.2) is 14.4 Å². The average molecular weight is 212 g/mol. The smallest absolute Gasteiger partial charge is 0.306 e. The summed E-state index contributed by atoms with van der Waals surface area (Å²) in [5.74, 6) is 0. The van der Waals surface area contributed by atoms with E-state index in [0.717, 1.165) is 5.56 Å². The predicted octanol–water partition coefficient (Wildman–Crippen LogP) is 0.819. The minimum Gasteiger partial charge on any atom is -0.306 e. The Labute approximate surface area is 81.2 Å². The third kappa shape index (κ3) is 1.33. The summed E-state index contributed by atoms with van der Waals surface area (Å²) in [5, 5.41) is 2.43. The van der Waals surface area contributed by atoms with E-state index in [-0.39, 0.29) is 4.90 Å². The van der Waals surface area contributed by atoms with Gasteiger partial charge in [-0.1, -0.05) is 6.07 Å². The molecule has 2 N–H and O–H groups in total. The van der Waals surface area contributed by atoms with Gasteiger partial charge in [-0.15, -0.1) is 0 Å². The molecule has 0 saturated carbocycles. The van der Waals surface area contributed by atoms with Crippen molar-refractivity contribution in [2.45, 2.75) is 11.8 Å². The first-order valence-electron chi connectivity index (χ1n) is 3.93. The van der Waals surface area contributed by atoms with Crippen molar-refractivity contribution in [2.75, 3.05) is 5.32 Å². The van der Waals surface area contributed by atoms with Crippen molar-refractivity contribution in [3.05, 3.63) is 23.8 Å². The van der Waals surface area contributed by atoms with Crippen molar-refractivity contribution in [1.82, 2.24) is 4.72 Å². The van der Waals surface area contributed by atoms with Crippen LogP contribution in [0.3, 0.4) is 0 Å². The molecule has 1 aliphatic heterocycles. The maximum Gasteiger partial charge on any atom is 0.333 e. The number of urea groups is 1. The topological polar surface area (TPSA) is 75.3 Å². The number of amides is 2. The maximum absolute atomic E-state index is 11.4. The van der Waals surface area contributed by atoms with E-state index in [2.05, 4.69) is 5.32 Å². The summed E-state index contributed by atoms with van der Waals surface area (Å²) in [6, 6.07) is 4.04. The fourth-order valence-electron chi connectivity index (χ4n) is 1.30. The van der Waals surface area contributed by atoms with E-state index in [4.69, 9.17) is 0 Å². The van der Waals surface area contributed by atoms with Crippen molar-refractivity contribution in [3.63, 3.8) is 0 Å². The molecule has 1 heterocycles. The van der Waals surface area contributed by atoms with E-state index < -0.39 is 16.1 Å². The van der Waals surface area contributed by atoms with Crippen LogP contribution in [0.4, 0.5) is 10.5 Å². The van der Waals surface area contributed by atoms with Crippen LogP contribution in [-0.2, 0) is 10.0 Å². The minimum absolute atomic E-state index is 0.0997. The lowest BCUT2D eigenvalue weighted by atomic mass is 10.2. The Morgan fingerprint density at radius 1 is 1.29 bits per heavy atom. The lowest BCUT2D eigenvalue weighted by Gasteiger charge is -2.18. The number of aryl methyl sites for hydroxylation is 1. The summed E-state index contributed by atoms with van der Waals surface area (Å²) in [6.45, 7) is 1.82. The second-order valence-corrected chi connectivity index (χ2v) is 4.71. The largest absolute Gasteiger partial charge is 0.333 e. The van der Waals surface area contributed by atoms with Gasteiger partial charge in [0.25, 0.3) is 10.0 Å². The van der Waals surface area contributed by atoms with Crippen LogP contribution in [0, 0.1) is 6.92 Å². The molecule has 5 nitrogen and oxygen atoms in total. The molecule has 0 aromatic heterocycles. The molecule has 74 valence electrons. The molecule has 14 heavy (non-hydrogen) atoms. The Morgan fingerprint density at radius 3 is 2.71 bits per heavy atom. The van der Waals surface area contributed by atoms with Crippen LogP contribution in [0.2, 0.25) is 0 Å². The van der Waals surface area contributed by atoms with Gasteiger partial charge in [-0.25, -0.2) is 17.9 Å². The Morgan fingerprint density at radius 2 is 2.00 bits per heavy atom. The number of carbonyl (C=O) groups is 1. The number of fused-ring (bicyclic) bond motifs is 1. The van der Waals surface area contributed by atoms with E-state index in [1.54, 1.807) is 12.1 Å². The van der Waals surface area contributed by atoms with Crippen LogP contribution in [0.5, 0.6) is 0 Å². The molecule has 2 amide bonds. The quantitative estimate of drug-likeness (QED) is 0.668. The Kier molecular flexibility index (Phi) is 1.75. The zero-order valence-electron chi connectivity index (χ0n) is 7.37. The van der Waals surface area contributed by atoms with Crippen molar-refractivity contribution >= 4 is 21.7 Å². The van der Waals surface area contributed by atoms with Crippen LogP contribution in [0.25, 0.3) is 0 Å². The standard InChI is InChI=1S/C8H8N2O3S/c1-5-2-3-7-6(4-5)9-8(11)10-14(7,12)13/h2-4H,1H3,(H2,9,10,11). The maximum atomic E-state index is 11.4. The molecule has 2 rings (SSSR count). The molecule has 1 aliphatic rings. The number of benzene rings is 1. The Hall–Kier alpha value is -1.56. The highest BCUT2D eigenvalue weighted by atomic mass is 32.2. The molecular formula is C8H8N2O3S. The Balaban J connectivity index is 2.69. The average Bonchev–Trinajstić information content (AvgIpc) is 2.00. The van der Waals surface area contributed by atoms with E-state index in [1.807, 2.05) is 11.6 Å². The molecule has 0 fully saturated rings. The Bertz CT molecular complexity index is 507. The highest BCUT2D eigenvalue weighted by Crippen LogP contribution is 2.25. The number of sulfonamides is 1. The highest BCUT2D eigenvalue weighted by molar-refractivity contribution is 7.90. The van der Waals surface area contributed by atoms with Crippen molar-refractivity contribution in [2.24, 2.45) is 0 Å². The van der Waals surface area contributed by atoms with Crippen LogP contribution >= 0.6 is 0 Å². The van der Waals surface area contributed by atoms with E-state index in [0.29, 0.717) is 5.69 Å². The summed E-state index contributed by atoms with van der Waals surface area (Å²) in [7, 11) is -3.67. The molecule has 0 bridgehead atoms. The van der Waals surface area contributed by atoms with Gasteiger partial charge in [-0.05, 0) is 24.6 Å². The number of hydrogen-bond donors (Lipinski definition) is 2. The molecule has 1 aromatic rings.